The van der Waals surface area contributed by atoms with Crippen molar-refractivity contribution in [3.05, 3.63) is 84.0 Å². The number of fused-ring (bicyclic) bond motifs is 2. The molecule has 1 aromatic heterocycles. The van der Waals surface area contributed by atoms with Gasteiger partial charge in [-0.2, -0.15) is 4.98 Å². The van der Waals surface area contributed by atoms with Gasteiger partial charge in [-0.3, -0.25) is 4.79 Å². The Morgan fingerprint density at radius 2 is 1.81 bits per heavy atom. The summed E-state index contributed by atoms with van der Waals surface area (Å²) in [6.45, 7) is 0. The zero-order chi connectivity index (χ0) is 18.2. The third-order valence-electron chi connectivity index (χ3n) is 4.52. The molecule has 2 heterocycles. The number of amides is 1. The van der Waals surface area contributed by atoms with Gasteiger partial charge in [0.1, 0.15) is 5.52 Å². The summed E-state index contributed by atoms with van der Waals surface area (Å²) in [5.41, 5.74) is 4.87. The maximum Gasteiger partial charge on any atom is 0.300 e. The molecule has 6 nitrogen and oxygen atoms in total. The first-order valence-electron chi connectivity index (χ1n) is 8.55. The Morgan fingerprint density at radius 3 is 2.67 bits per heavy atom. The van der Waals surface area contributed by atoms with E-state index < -0.39 is 0 Å². The first-order valence-corrected chi connectivity index (χ1v) is 8.55. The first kappa shape index (κ1) is 15.5. The van der Waals surface area contributed by atoms with Gasteiger partial charge in [0.15, 0.2) is 5.58 Å². The SMILES string of the molecule is O=C1N=NC(c2ccc(Nc3nc4ccccc4o3)cc2)=C2C=CC=CC12. The van der Waals surface area contributed by atoms with Crippen molar-refractivity contribution < 1.29 is 9.21 Å². The summed E-state index contributed by atoms with van der Waals surface area (Å²) >= 11 is 0. The standard InChI is InChI=1S/C21H14N4O2/c26-20-16-6-2-1-5-15(16)19(24-25-20)13-9-11-14(12-10-13)22-21-23-17-7-3-4-8-18(17)27-21/h1-12,16H,(H,22,23). The maximum absolute atomic E-state index is 11.9. The van der Waals surface area contributed by atoms with Gasteiger partial charge >= 0.3 is 0 Å². The van der Waals surface area contributed by atoms with Gasteiger partial charge in [0.2, 0.25) is 0 Å². The molecule has 0 bridgehead atoms. The highest BCUT2D eigenvalue weighted by Crippen LogP contribution is 2.34. The third-order valence-corrected chi connectivity index (χ3v) is 4.52. The second kappa shape index (κ2) is 6.17. The number of benzene rings is 2. The number of aromatic nitrogens is 1. The van der Waals surface area contributed by atoms with Crippen LogP contribution in [0.3, 0.4) is 0 Å². The number of oxazole rings is 1. The van der Waals surface area contributed by atoms with Crippen LogP contribution in [-0.4, -0.2) is 10.9 Å². The molecule has 3 aromatic rings. The second-order valence-corrected chi connectivity index (χ2v) is 6.25. The van der Waals surface area contributed by atoms with E-state index in [1.54, 1.807) is 0 Å². The van der Waals surface area contributed by atoms with Crippen molar-refractivity contribution in [3.8, 4) is 0 Å². The molecule has 2 aliphatic rings. The average molecular weight is 354 g/mol. The molecule has 1 aliphatic heterocycles. The summed E-state index contributed by atoms with van der Waals surface area (Å²) in [7, 11) is 0. The van der Waals surface area contributed by atoms with Crippen LogP contribution in [0.25, 0.3) is 16.8 Å². The lowest BCUT2D eigenvalue weighted by molar-refractivity contribution is -0.119. The first-order chi connectivity index (χ1) is 13.3. The van der Waals surface area contributed by atoms with Crippen molar-refractivity contribution >= 4 is 34.4 Å². The molecule has 0 saturated carbocycles. The van der Waals surface area contributed by atoms with E-state index >= 15 is 0 Å². The maximum atomic E-state index is 11.9. The normalized spacial score (nSPS) is 18.2. The fourth-order valence-electron chi connectivity index (χ4n) is 3.19. The van der Waals surface area contributed by atoms with Gasteiger partial charge in [0.05, 0.1) is 11.6 Å². The number of anilines is 2. The number of para-hydroxylation sites is 2. The number of nitrogens with zero attached hydrogens (tertiary/aromatic N) is 3. The van der Waals surface area contributed by atoms with Gasteiger partial charge in [0, 0.05) is 11.3 Å². The van der Waals surface area contributed by atoms with Crippen LogP contribution >= 0.6 is 0 Å². The number of hydrogen-bond acceptors (Lipinski definition) is 5. The van der Waals surface area contributed by atoms with Gasteiger partial charge in [-0.25, -0.2) is 0 Å². The average Bonchev–Trinajstić information content (AvgIpc) is 3.12. The van der Waals surface area contributed by atoms with Crippen LogP contribution < -0.4 is 5.32 Å². The Kier molecular flexibility index (Phi) is 3.53. The number of carbonyl (C=O) groups is 1. The molecule has 5 rings (SSSR count). The fourth-order valence-corrected chi connectivity index (χ4v) is 3.19. The van der Waals surface area contributed by atoms with Gasteiger partial charge in [0.25, 0.3) is 11.9 Å². The predicted molar refractivity (Wildman–Crippen MR) is 102 cm³/mol. The van der Waals surface area contributed by atoms with Crippen LogP contribution in [0.15, 0.2) is 93.1 Å². The molecule has 0 radical (unpaired) electrons. The number of rotatable bonds is 3. The Hall–Kier alpha value is -3.80. The van der Waals surface area contributed by atoms with E-state index in [1.807, 2.05) is 72.8 Å². The summed E-state index contributed by atoms with van der Waals surface area (Å²) < 4.78 is 5.68. The van der Waals surface area contributed by atoms with Gasteiger partial charge in [-0.15, -0.1) is 10.2 Å². The molecule has 130 valence electrons. The molecule has 1 atom stereocenters. The van der Waals surface area contributed by atoms with E-state index in [4.69, 9.17) is 4.42 Å². The molecule has 2 aromatic carbocycles. The molecule has 0 fully saturated rings. The molecule has 6 heteroatoms. The number of carbonyl (C=O) groups excluding carboxylic acids is 1. The van der Waals surface area contributed by atoms with Crippen molar-refractivity contribution in [2.75, 3.05) is 5.32 Å². The highest BCUT2D eigenvalue weighted by Gasteiger charge is 2.27. The van der Waals surface area contributed by atoms with Crippen LogP contribution in [0.4, 0.5) is 11.7 Å². The predicted octanol–water partition coefficient (Wildman–Crippen LogP) is 5.02. The van der Waals surface area contributed by atoms with E-state index in [0.29, 0.717) is 11.7 Å². The molecule has 1 aliphatic carbocycles. The number of allylic oxidation sites excluding steroid dienone is 3. The summed E-state index contributed by atoms with van der Waals surface area (Å²) in [6.07, 6.45) is 7.53. The minimum atomic E-state index is -0.347. The Morgan fingerprint density at radius 1 is 0.963 bits per heavy atom. The monoisotopic (exact) mass is 354 g/mol. The summed E-state index contributed by atoms with van der Waals surface area (Å²) in [5.74, 6) is -0.580. The Labute approximate surface area is 154 Å². The van der Waals surface area contributed by atoms with E-state index in [-0.39, 0.29) is 11.8 Å². The quantitative estimate of drug-likeness (QED) is 0.716. The molecular weight excluding hydrogens is 340 g/mol. The fraction of sp³-hybridized carbons (Fsp3) is 0.0476. The van der Waals surface area contributed by atoms with Gasteiger partial charge in [-0.05, 0) is 29.8 Å². The minimum Gasteiger partial charge on any atom is -0.423 e. The number of nitrogens with one attached hydrogen (secondary N) is 1. The molecule has 1 unspecified atom stereocenters. The highest BCUT2D eigenvalue weighted by atomic mass is 16.4. The second-order valence-electron chi connectivity index (χ2n) is 6.25. The van der Waals surface area contributed by atoms with Crippen LogP contribution in [0.1, 0.15) is 5.56 Å². The van der Waals surface area contributed by atoms with E-state index in [1.165, 1.54) is 0 Å². The molecule has 27 heavy (non-hydrogen) atoms. The zero-order valence-electron chi connectivity index (χ0n) is 14.2. The number of azo groups is 1. The lowest BCUT2D eigenvalue weighted by Gasteiger charge is -2.19. The zero-order valence-corrected chi connectivity index (χ0v) is 14.2. The van der Waals surface area contributed by atoms with Gasteiger partial charge < -0.3 is 9.73 Å². The number of hydrogen-bond donors (Lipinski definition) is 1. The van der Waals surface area contributed by atoms with Crippen molar-refractivity contribution in [2.24, 2.45) is 16.1 Å². The third kappa shape index (κ3) is 2.77. The van der Waals surface area contributed by atoms with Crippen molar-refractivity contribution in [1.82, 2.24) is 4.98 Å². The van der Waals surface area contributed by atoms with Crippen molar-refractivity contribution in [1.29, 1.82) is 0 Å². The topological polar surface area (TPSA) is 79.9 Å². The van der Waals surface area contributed by atoms with Crippen molar-refractivity contribution in [2.45, 2.75) is 0 Å². The van der Waals surface area contributed by atoms with Crippen LogP contribution in [0.2, 0.25) is 0 Å². The Bertz CT molecular complexity index is 1130. The molecule has 0 saturated heterocycles. The summed E-state index contributed by atoms with van der Waals surface area (Å²) in [5, 5.41) is 11.1. The van der Waals surface area contributed by atoms with E-state index in [2.05, 4.69) is 20.5 Å². The molecular formula is C21H14N4O2. The summed E-state index contributed by atoms with van der Waals surface area (Å²) in [4.78, 5) is 16.3. The smallest absolute Gasteiger partial charge is 0.300 e. The Balaban J connectivity index is 1.43. The lowest BCUT2D eigenvalue weighted by Crippen LogP contribution is -2.17. The molecule has 1 amide bonds. The largest absolute Gasteiger partial charge is 0.423 e. The molecule has 1 N–H and O–H groups in total. The molecule has 0 spiro atoms. The van der Waals surface area contributed by atoms with Gasteiger partial charge in [-0.1, -0.05) is 48.6 Å². The lowest BCUT2D eigenvalue weighted by atomic mass is 9.89. The van der Waals surface area contributed by atoms with Crippen LogP contribution in [0.5, 0.6) is 0 Å². The summed E-state index contributed by atoms with van der Waals surface area (Å²) in [6, 6.07) is 15.8. The minimum absolute atomic E-state index is 0.233. The van der Waals surface area contributed by atoms with E-state index in [9.17, 15) is 4.79 Å². The van der Waals surface area contributed by atoms with Crippen LogP contribution in [0, 0.1) is 5.92 Å². The van der Waals surface area contributed by atoms with Crippen LogP contribution in [-0.2, 0) is 4.79 Å². The highest BCUT2D eigenvalue weighted by molar-refractivity contribution is 5.91. The van der Waals surface area contributed by atoms with E-state index in [0.717, 1.165) is 27.9 Å². The van der Waals surface area contributed by atoms with Crippen molar-refractivity contribution in [3.63, 3.8) is 0 Å².